The average Bonchev–Trinajstić information content (AvgIpc) is 2.26. The molecule has 0 aliphatic heterocycles. The summed E-state index contributed by atoms with van der Waals surface area (Å²) in [5.41, 5.74) is -0.229. The van der Waals surface area contributed by atoms with E-state index in [1.807, 2.05) is 32.8 Å². The van der Waals surface area contributed by atoms with Gasteiger partial charge in [-0.05, 0) is 40.1 Å². The van der Waals surface area contributed by atoms with Gasteiger partial charge in [-0.3, -0.25) is 0 Å². The monoisotopic (exact) mass is 238 g/mol. The third kappa shape index (κ3) is 3.42. The number of hydrogen-bond acceptors (Lipinski definition) is 4. The third-order valence-electron chi connectivity index (χ3n) is 2.76. The number of carbonyl (C=O) groups is 1. The lowest BCUT2D eigenvalue weighted by Crippen LogP contribution is -2.43. The van der Waals surface area contributed by atoms with Crippen molar-refractivity contribution >= 4 is 5.97 Å². The number of rotatable bonds is 5. The number of aromatic carboxylic acids is 1. The number of ether oxygens (including phenoxy) is 1. The van der Waals surface area contributed by atoms with Gasteiger partial charge in [0.25, 0.3) is 0 Å². The lowest BCUT2D eigenvalue weighted by atomic mass is 10.1. The quantitative estimate of drug-likeness (QED) is 0.842. The molecule has 1 aromatic rings. The average molecular weight is 238 g/mol. The molecule has 0 saturated carbocycles. The zero-order valence-electron chi connectivity index (χ0n) is 10.6. The minimum atomic E-state index is -1.08. The van der Waals surface area contributed by atoms with Crippen LogP contribution in [-0.2, 0) is 0 Å². The molecule has 1 heterocycles. The van der Waals surface area contributed by atoms with Crippen LogP contribution in [0.2, 0.25) is 0 Å². The molecule has 0 aliphatic carbocycles. The Balaban J connectivity index is 2.79. The summed E-state index contributed by atoms with van der Waals surface area (Å²) in [5.74, 6) is -0.779. The predicted molar refractivity (Wildman–Crippen MR) is 64.5 cm³/mol. The molecule has 1 rings (SSSR count). The summed E-state index contributed by atoms with van der Waals surface area (Å²) >= 11 is 0. The first-order chi connectivity index (χ1) is 7.84. The third-order valence-corrected chi connectivity index (χ3v) is 2.76. The summed E-state index contributed by atoms with van der Waals surface area (Å²) in [6, 6.07) is 3.27. The molecule has 1 aromatic heterocycles. The Morgan fingerprint density at radius 1 is 1.53 bits per heavy atom. The van der Waals surface area contributed by atoms with Crippen LogP contribution in [0, 0.1) is 0 Å². The largest absolute Gasteiger partial charge is 0.489 e. The first-order valence-electron chi connectivity index (χ1n) is 5.33. The van der Waals surface area contributed by atoms with E-state index in [9.17, 15) is 4.79 Å². The summed E-state index contributed by atoms with van der Waals surface area (Å²) in [5, 5.41) is 8.95. The van der Waals surface area contributed by atoms with E-state index in [4.69, 9.17) is 9.84 Å². The summed E-state index contributed by atoms with van der Waals surface area (Å²) in [7, 11) is 3.90. The minimum Gasteiger partial charge on any atom is -0.489 e. The van der Waals surface area contributed by atoms with Crippen molar-refractivity contribution in [2.45, 2.75) is 19.4 Å². The zero-order valence-corrected chi connectivity index (χ0v) is 10.6. The lowest BCUT2D eigenvalue weighted by Gasteiger charge is -2.32. The van der Waals surface area contributed by atoms with E-state index in [1.54, 1.807) is 12.1 Å². The van der Waals surface area contributed by atoms with E-state index in [1.165, 1.54) is 6.20 Å². The minimum absolute atomic E-state index is 0.0537. The second-order valence-electron chi connectivity index (χ2n) is 4.65. The highest BCUT2D eigenvalue weighted by Crippen LogP contribution is 2.18. The van der Waals surface area contributed by atoms with Gasteiger partial charge < -0.3 is 14.7 Å². The van der Waals surface area contributed by atoms with Crippen LogP contribution in [0.25, 0.3) is 0 Å². The van der Waals surface area contributed by atoms with Crippen LogP contribution in [0.15, 0.2) is 18.3 Å². The summed E-state index contributed by atoms with van der Waals surface area (Å²) in [6.07, 6.45) is 1.44. The van der Waals surface area contributed by atoms with E-state index in [0.29, 0.717) is 12.4 Å². The Kier molecular flexibility index (Phi) is 4.07. The topological polar surface area (TPSA) is 62.7 Å². The van der Waals surface area contributed by atoms with Gasteiger partial charge in [0.15, 0.2) is 11.4 Å². The van der Waals surface area contributed by atoms with Crippen LogP contribution in [0.5, 0.6) is 5.75 Å². The molecular formula is C12H18N2O3. The van der Waals surface area contributed by atoms with Gasteiger partial charge in [0, 0.05) is 11.7 Å². The van der Waals surface area contributed by atoms with Gasteiger partial charge in [-0.25, -0.2) is 9.78 Å². The standard InChI is InChI=1S/C12H18N2O3/c1-12(2,14(3)4)8-17-9-6-5-7-13-10(9)11(15)16/h5-7H,8H2,1-4H3,(H,15,16). The number of hydrogen-bond donors (Lipinski definition) is 1. The van der Waals surface area contributed by atoms with E-state index in [-0.39, 0.29) is 11.2 Å². The van der Waals surface area contributed by atoms with E-state index in [2.05, 4.69) is 4.98 Å². The maximum Gasteiger partial charge on any atom is 0.358 e. The Morgan fingerprint density at radius 3 is 2.71 bits per heavy atom. The van der Waals surface area contributed by atoms with Crippen molar-refractivity contribution in [1.82, 2.24) is 9.88 Å². The molecule has 0 aromatic carbocycles. The van der Waals surface area contributed by atoms with Crippen LogP contribution in [-0.4, -0.2) is 47.2 Å². The molecule has 0 bridgehead atoms. The molecule has 0 unspecified atom stereocenters. The molecule has 5 nitrogen and oxygen atoms in total. The van der Waals surface area contributed by atoms with Crippen molar-refractivity contribution in [3.05, 3.63) is 24.0 Å². The fourth-order valence-electron chi connectivity index (χ4n) is 1.05. The maximum absolute atomic E-state index is 10.9. The molecule has 1 N–H and O–H groups in total. The molecule has 0 radical (unpaired) electrons. The first kappa shape index (κ1) is 13.4. The van der Waals surface area contributed by atoms with Crippen LogP contribution in [0.4, 0.5) is 0 Å². The van der Waals surface area contributed by atoms with E-state index < -0.39 is 5.97 Å². The molecule has 94 valence electrons. The van der Waals surface area contributed by atoms with Crippen molar-refractivity contribution in [3.8, 4) is 5.75 Å². The van der Waals surface area contributed by atoms with Gasteiger partial charge >= 0.3 is 5.97 Å². The Morgan fingerprint density at radius 2 is 2.18 bits per heavy atom. The van der Waals surface area contributed by atoms with E-state index >= 15 is 0 Å². The summed E-state index contributed by atoms with van der Waals surface area (Å²) < 4.78 is 5.54. The van der Waals surface area contributed by atoms with Crippen LogP contribution >= 0.6 is 0 Å². The Hall–Kier alpha value is -1.62. The van der Waals surface area contributed by atoms with Gasteiger partial charge in [0.1, 0.15) is 6.61 Å². The van der Waals surface area contributed by atoms with E-state index in [0.717, 1.165) is 0 Å². The lowest BCUT2D eigenvalue weighted by molar-refractivity contribution is 0.0676. The number of likely N-dealkylation sites (N-methyl/N-ethyl adjacent to an activating group) is 1. The van der Waals surface area contributed by atoms with Crippen molar-refractivity contribution in [2.75, 3.05) is 20.7 Å². The molecule has 0 atom stereocenters. The van der Waals surface area contributed by atoms with Crippen LogP contribution in [0.3, 0.4) is 0 Å². The van der Waals surface area contributed by atoms with Crippen molar-refractivity contribution in [2.24, 2.45) is 0 Å². The number of nitrogens with zero attached hydrogens (tertiary/aromatic N) is 2. The number of pyridine rings is 1. The molecule has 0 fully saturated rings. The van der Waals surface area contributed by atoms with Gasteiger partial charge in [-0.1, -0.05) is 0 Å². The molecule has 0 aliphatic rings. The predicted octanol–water partition coefficient (Wildman–Crippen LogP) is 1.50. The normalized spacial score (nSPS) is 11.6. The molecule has 0 spiro atoms. The highest BCUT2D eigenvalue weighted by molar-refractivity contribution is 5.88. The van der Waals surface area contributed by atoms with Gasteiger partial charge in [0.05, 0.1) is 0 Å². The highest BCUT2D eigenvalue weighted by Gasteiger charge is 2.22. The number of carboxylic acid groups (broad SMARTS) is 1. The fourth-order valence-corrected chi connectivity index (χ4v) is 1.05. The molecule has 17 heavy (non-hydrogen) atoms. The molecule has 0 saturated heterocycles. The second-order valence-corrected chi connectivity index (χ2v) is 4.65. The van der Waals surface area contributed by atoms with Crippen molar-refractivity contribution in [1.29, 1.82) is 0 Å². The van der Waals surface area contributed by atoms with Crippen molar-refractivity contribution in [3.63, 3.8) is 0 Å². The number of aromatic nitrogens is 1. The fraction of sp³-hybridized carbons (Fsp3) is 0.500. The molecule has 0 amide bonds. The van der Waals surface area contributed by atoms with Gasteiger partial charge in [-0.15, -0.1) is 0 Å². The number of carboxylic acids is 1. The molecular weight excluding hydrogens is 220 g/mol. The highest BCUT2D eigenvalue weighted by atomic mass is 16.5. The summed E-state index contributed by atoms with van der Waals surface area (Å²) in [6.45, 7) is 4.43. The SMILES string of the molecule is CN(C)C(C)(C)COc1cccnc1C(=O)O. The molecule has 5 heteroatoms. The van der Waals surface area contributed by atoms with Crippen LogP contribution in [0.1, 0.15) is 24.3 Å². The maximum atomic E-state index is 10.9. The first-order valence-corrected chi connectivity index (χ1v) is 5.33. The van der Waals surface area contributed by atoms with Gasteiger partial charge in [0.2, 0.25) is 0 Å². The summed E-state index contributed by atoms with van der Waals surface area (Å²) in [4.78, 5) is 16.7. The Labute approximate surface area is 101 Å². The smallest absolute Gasteiger partial charge is 0.358 e. The van der Waals surface area contributed by atoms with Crippen molar-refractivity contribution < 1.29 is 14.6 Å². The van der Waals surface area contributed by atoms with Gasteiger partial charge in [-0.2, -0.15) is 0 Å². The van der Waals surface area contributed by atoms with Crippen LogP contribution < -0.4 is 4.74 Å². The second kappa shape index (κ2) is 5.14. The zero-order chi connectivity index (χ0) is 13.1. The Bertz CT molecular complexity index is 402.